The molecule has 1 aliphatic heterocycles. The van der Waals surface area contributed by atoms with Crippen LogP contribution in [0.4, 0.5) is 5.69 Å². The summed E-state index contributed by atoms with van der Waals surface area (Å²) in [5, 5.41) is 21.5. The van der Waals surface area contributed by atoms with Gasteiger partial charge in [-0.15, -0.1) is 0 Å². The first-order valence-corrected chi connectivity index (χ1v) is 12.5. The van der Waals surface area contributed by atoms with Gasteiger partial charge in [0.15, 0.2) is 5.78 Å². The summed E-state index contributed by atoms with van der Waals surface area (Å²) in [6.45, 7) is 4.98. The van der Waals surface area contributed by atoms with E-state index in [2.05, 4.69) is 6.07 Å². The second-order valence-corrected chi connectivity index (χ2v) is 10.6. The Hall–Kier alpha value is -3.87. The molecule has 38 heavy (non-hydrogen) atoms. The van der Waals surface area contributed by atoms with Crippen LogP contribution < -0.4 is 10.5 Å². The molecule has 0 fully saturated rings. The van der Waals surface area contributed by atoms with E-state index in [4.69, 9.17) is 26.8 Å². The summed E-state index contributed by atoms with van der Waals surface area (Å²) in [7, 11) is 1.59. The number of nitrogens with zero attached hydrogens (tertiary/aromatic N) is 3. The Bertz CT molecular complexity index is 1390. The zero-order valence-electron chi connectivity index (χ0n) is 21.5. The molecule has 198 valence electrons. The van der Waals surface area contributed by atoms with Crippen molar-refractivity contribution in [3.05, 3.63) is 91.4 Å². The average Bonchev–Trinajstić information content (AvgIpc) is 2.86. The summed E-state index contributed by atoms with van der Waals surface area (Å²) in [4.78, 5) is 25.9. The van der Waals surface area contributed by atoms with E-state index in [0.717, 1.165) is 5.70 Å². The van der Waals surface area contributed by atoms with Crippen molar-refractivity contribution in [1.82, 2.24) is 4.90 Å². The molecule has 2 aromatic rings. The summed E-state index contributed by atoms with van der Waals surface area (Å²) in [5.41, 5.74) is 9.19. The highest BCUT2D eigenvalue weighted by atomic mass is 35.5. The number of halogens is 1. The van der Waals surface area contributed by atoms with Crippen molar-refractivity contribution in [3.8, 4) is 11.8 Å². The van der Waals surface area contributed by atoms with E-state index in [1.54, 1.807) is 37.4 Å². The zero-order valence-corrected chi connectivity index (χ0v) is 22.2. The highest BCUT2D eigenvalue weighted by Gasteiger charge is 2.44. The van der Waals surface area contributed by atoms with Crippen molar-refractivity contribution in [2.24, 2.45) is 11.1 Å². The standard InChI is InChI=1S/C28H29ClN4O5/c1-28(2)13-22-26(23(34)14-28)25(20(15-30)27(31)32(22)9-10-37-3)18-7-8-24(21(29)12-18)38-16-17-5-4-6-19(11-17)33(35)36/h4-8,11-12,25H,9-10,13-14,16,31H2,1-3H3/t25-/m0/s1. The molecule has 2 aromatic carbocycles. The molecule has 0 amide bonds. The lowest BCUT2D eigenvalue weighted by Crippen LogP contribution is -2.43. The maximum absolute atomic E-state index is 13.5. The maximum Gasteiger partial charge on any atom is 0.269 e. The van der Waals surface area contributed by atoms with E-state index < -0.39 is 10.8 Å². The Balaban J connectivity index is 1.69. The Morgan fingerprint density at radius 2 is 2.03 bits per heavy atom. The number of allylic oxidation sites excluding steroid dienone is 3. The van der Waals surface area contributed by atoms with Gasteiger partial charge in [0.2, 0.25) is 0 Å². The molecular formula is C28H29ClN4O5. The third kappa shape index (κ3) is 5.37. The van der Waals surface area contributed by atoms with Gasteiger partial charge in [-0.3, -0.25) is 14.9 Å². The number of nitro benzene ring substituents is 1. The topological polar surface area (TPSA) is 132 Å². The highest BCUT2D eigenvalue weighted by Crippen LogP contribution is 2.49. The maximum atomic E-state index is 13.5. The van der Waals surface area contributed by atoms with Gasteiger partial charge in [0, 0.05) is 43.5 Å². The third-order valence-electron chi connectivity index (χ3n) is 6.81. The summed E-state index contributed by atoms with van der Waals surface area (Å²) < 4.78 is 11.1. The number of nitro groups is 1. The predicted octanol–water partition coefficient (Wildman–Crippen LogP) is 5.21. The lowest BCUT2D eigenvalue weighted by molar-refractivity contribution is -0.384. The molecule has 0 unspecified atom stereocenters. The lowest BCUT2D eigenvalue weighted by Gasteiger charge is -2.43. The molecular weight excluding hydrogens is 508 g/mol. The van der Waals surface area contributed by atoms with Crippen molar-refractivity contribution in [2.75, 3.05) is 20.3 Å². The molecule has 0 bridgehead atoms. The minimum atomic E-state index is -0.652. The first kappa shape index (κ1) is 27.2. The third-order valence-corrected chi connectivity index (χ3v) is 7.11. The first-order valence-electron chi connectivity index (χ1n) is 12.1. The second kappa shape index (κ2) is 10.9. The van der Waals surface area contributed by atoms with Crippen LogP contribution in [0.2, 0.25) is 5.02 Å². The molecule has 0 radical (unpaired) electrons. The van der Waals surface area contributed by atoms with Gasteiger partial charge in [-0.1, -0.05) is 43.6 Å². The smallest absolute Gasteiger partial charge is 0.269 e. The number of hydrogen-bond acceptors (Lipinski definition) is 8. The molecule has 2 aliphatic rings. The molecule has 0 aromatic heterocycles. The van der Waals surface area contributed by atoms with Crippen LogP contribution in [-0.2, 0) is 16.1 Å². The number of nitrogens with two attached hydrogens (primary N) is 1. The van der Waals surface area contributed by atoms with Gasteiger partial charge in [0.25, 0.3) is 5.69 Å². The van der Waals surface area contributed by atoms with Crippen LogP contribution in [-0.4, -0.2) is 35.9 Å². The van der Waals surface area contributed by atoms with Crippen molar-refractivity contribution < 1.29 is 19.2 Å². The summed E-state index contributed by atoms with van der Waals surface area (Å²) in [5.74, 6) is 0.00731. The minimum Gasteiger partial charge on any atom is -0.487 e. The fourth-order valence-electron chi connectivity index (χ4n) is 5.08. The number of non-ortho nitro benzene ring substituents is 1. The summed E-state index contributed by atoms with van der Waals surface area (Å²) in [6, 6.07) is 13.5. The highest BCUT2D eigenvalue weighted by molar-refractivity contribution is 6.32. The van der Waals surface area contributed by atoms with Crippen LogP contribution in [0.1, 0.15) is 43.7 Å². The summed E-state index contributed by atoms with van der Waals surface area (Å²) in [6.07, 6.45) is 0.989. The van der Waals surface area contributed by atoms with Crippen LogP contribution in [0.25, 0.3) is 0 Å². The second-order valence-electron chi connectivity index (χ2n) is 10.2. The summed E-state index contributed by atoms with van der Waals surface area (Å²) >= 11 is 6.59. The Labute approximate surface area is 226 Å². The number of Topliss-reactive ketones (excluding diaryl/α,β-unsaturated/α-hetero) is 1. The van der Waals surface area contributed by atoms with Crippen LogP contribution >= 0.6 is 11.6 Å². The number of hydrogen-bond donors (Lipinski definition) is 1. The van der Waals surface area contributed by atoms with Gasteiger partial charge < -0.3 is 20.1 Å². The van der Waals surface area contributed by atoms with Crippen molar-refractivity contribution in [2.45, 2.75) is 39.2 Å². The molecule has 4 rings (SSSR count). The van der Waals surface area contributed by atoms with E-state index in [1.807, 2.05) is 18.7 Å². The van der Waals surface area contributed by atoms with E-state index in [0.29, 0.717) is 54.3 Å². The lowest BCUT2D eigenvalue weighted by atomic mass is 9.68. The molecule has 1 heterocycles. The van der Waals surface area contributed by atoms with Gasteiger partial charge in [0.1, 0.15) is 18.2 Å². The van der Waals surface area contributed by atoms with Crippen molar-refractivity contribution in [1.29, 1.82) is 5.26 Å². The number of benzene rings is 2. The molecule has 0 saturated carbocycles. The van der Waals surface area contributed by atoms with E-state index >= 15 is 0 Å². The first-order chi connectivity index (χ1) is 18.1. The number of ether oxygens (including phenoxy) is 2. The van der Waals surface area contributed by atoms with Crippen LogP contribution in [0.5, 0.6) is 5.75 Å². The molecule has 10 heteroatoms. The fourth-order valence-corrected chi connectivity index (χ4v) is 5.32. The van der Waals surface area contributed by atoms with Crippen molar-refractivity contribution >= 4 is 23.1 Å². The molecule has 1 aliphatic carbocycles. The van der Waals surface area contributed by atoms with Crippen LogP contribution in [0.15, 0.2) is 65.1 Å². The molecule has 1 atom stereocenters. The normalized spacial score (nSPS) is 18.8. The number of carbonyl (C=O) groups excluding carboxylic acids is 1. The van der Waals surface area contributed by atoms with Crippen LogP contribution in [0, 0.1) is 26.9 Å². The van der Waals surface area contributed by atoms with Gasteiger partial charge >= 0.3 is 0 Å². The Morgan fingerprint density at radius 3 is 2.68 bits per heavy atom. The van der Waals surface area contributed by atoms with Crippen molar-refractivity contribution in [3.63, 3.8) is 0 Å². The molecule has 0 saturated heterocycles. The molecule has 2 N–H and O–H groups in total. The number of methoxy groups -OCH3 is 1. The average molecular weight is 537 g/mol. The van der Waals surface area contributed by atoms with Gasteiger partial charge in [0.05, 0.1) is 34.1 Å². The zero-order chi connectivity index (χ0) is 27.6. The SMILES string of the molecule is COCCN1C(N)=C(C#N)[C@H](c2ccc(OCc3cccc([N+](=O)[O-])c3)c(Cl)c2)C2=C1CC(C)(C)CC2=O. The minimum absolute atomic E-state index is 0.0222. The van der Waals surface area contributed by atoms with E-state index in [9.17, 15) is 20.2 Å². The predicted molar refractivity (Wildman–Crippen MR) is 142 cm³/mol. The number of rotatable bonds is 8. The largest absolute Gasteiger partial charge is 0.487 e. The van der Waals surface area contributed by atoms with Gasteiger partial charge in [-0.2, -0.15) is 5.26 Å². The number of carbonyl (C=O) groups is 1. The quantitative estimate of drug-likeness (QED) is 0.359. The number of nitriles is 1. The molecule has 9 nitrogen and oxygen atoms in total. The number of ketones is 1. The Morgan fingerprint density at radius 1 is 1.26 bits per heavy atom. The van der Waals surface area contributed by atoms with Gasteiger partial charge in [-0.25, -0.2) is 0 Å². The van der Waals surface area contributed by atoms with Crippen LogP contribution in [0.3, 0.4) is 0 Å². The van der Waals surface area contributed by atoms with E-state index in [1.165, 1.54) is 12.1 Å². The van der Waals surface area contributed by atoms with Gasteiger partial charge in [-0.05, 0) is 35.1 Å². The Kier molecular flexibility index (Phi) is 7.76. The monoisotopic (exact) mass is 536 g/mol. The van der Waals surface area contributed by atoms with E-state index in [-0.39, 0.29) is 34.1 Å². The molecule has 0 spiro atoms. The fraction of sp³-hybridized carbons (Fsp3) is 0.357.